The van der Waals surface area contributed by atoms with Gasteiger partial charge in [0.25, 0.3) is 0 Å². The number of carbonyl (C=O) groups excluding carboxylic acids is 1. The molecule has 0 atom stereocenters. The van der Waals surface area contributed by atoms with Gasteiger partial charge in [-0.15, -0.1) is 5.10 Å². The molecule has 0 aliphatic rings. The van der Waals surface area contributed by atoms with E-state index in [1.54, 1.807) is 18.2 Å². The molecule has 6 heteroatoms. The van der Waals surface area contributed by atoms with Crippen molar-refractivity contribution in [2.45, 2.75) is 12.8 Å². The van der Waals surface area contributed by atoms with Gasteiger partial charge < -0.3 is 4.74 Å². The van der Waals surface area contributed by atoms with E-state index in [1.165, 1.54) is 16.6 Å². The van der Waals surface area contributed by atoms with Crippen LogP contribution in [-0.4, -0.2) is 32.8 Å². The maximum atomic E-state index is 12.1. The van der Waals surface area contributed by atoms with Crippen LogP contribution in [-0.2, 0) is 11.2 Å². The normalized spacial score (nSPS) is 10.4. The molecule has 0 saturated carbocycles. The standard InChI is InChI=1S/C17H16N4O2/c22-17(23-11-5-8-14-6-2-1-3-7-14)15-9-4-10-16(12-15)21-13-18-19-20-21/h1-4,6-7,9-10,12-13H,5,8,11H2. The average Bonchev–Trinajstić information content (AvgIpc) is 3.14. The second kappa shape index (κ2) is 7.31. The van der Waals surface area contributed by atoms with Crippen molar-refractivity contribution in [3.8, 4) is 5.69 Å². The lowest BCUT2D eigenvalue weighted by atomic mass is 10.1. The fraction of sp³-hybridized carbons (Fsp3) is 0.176. The van der Waals surface area contributed by atoms with Gasteiger partial charge in [-0.1, -0.05) is 36.4 Å². The van der Waals surface area contributed by atoms with E-state index in [2.05, 4.69) is 27.7 Å². The Balaban J connectivity index is 1.53. The largest absolute Gasteiger partial charge is 0.462 e. The van der Waals surface area contributed by atoms with Crippen molar-refractivity contribution in [3.63, 3.8) is 0 Å². The highest BCUT2D eigenvalue weighted by molar-refractivity contribution is 5.90. The Hall–Kier alpha value is -3.02. The van der Waals surface area contributed by atoms with Crippen molar-refractivity contribution in [2.75, 3.05) is 6.61 Å². The molecule has 23 heavy (non-hydrogen) atoms. The Morgan fingerprint density at radius 1 is 1.09 bits per heavy atom. The summed E-state index contributed by atoms with van der Waals surface area (Å²) in [6.45, 7) is 0.392. The molecule has 1 heterocycles. The molecule has 0 unspecified atom stereocenters. The predicted octanol–water partition coefficient (Wildman–Crippen LogP) is 2.45. The van der Waals surface area contributed by atoms with Crippen molar-refractivity contribution < 1.29 is 9.53 Å². The first-order valence-corrected chi connectivity index (χ1v) is 7.37. The van der Waals surface area contributed by atoms with Gasteiger partial charge in [0.05, 0.1) is 17.9 Å². The molecule has 3 rings (SSSR count). The van der Waals surface area contributed by atoms with Crippen LogP contribution >= 0.6 is 0 Å². The molecule has 3 aromatic rings. The third-order valence-electron chi connectivity index (χ3n) is 3.38. The number of hydrogen-bond donors (Lipinski definition) is 0. The minimum atomic E-state index is -0.340. The van der Waals surface area contributed by atoms with E-state index in [0.29, 0.717) is 17.9 Å². The summed E-state index contributed by atoms with van der Waals surface area (Å²) in [6, 6.07) is 17.1. The number of carbonyl (C=O) groups is 1. The summed E-state index contributed by atoms with van der Waals surface area (Å²) in [5.41, 5.74) is 2.44. The van der Waals surface area contributed by atoms with Crippen molar-refractivity contribution >= 4 is 5.97 Å². The van der Waals surface area contributed by atoms with Gasteiger partial charge in [-0.05, 0) is 47.0 Å². The molecular formula is C17H16N4O2. The molecule has 0 N–H and O–H groups in total. The molecule has 0 fully saturated rings. The number of aromatic nitrogens is 4. The second-order valence-electron chi connectivity index (χ2n) is 5.03. The molecule has 0 saturated heterocycles. The monoisotopic (exact) mass is 308 g/mol. The zero-order valence-corrected chi connectivity index (χ0v) is 12.5. The van der Waals surface area contributed by atoms with Crippen molar-refractivity contribution in [1.82, 2.24) is 20.2 Å². The number of rotatable bonds is 6. The predicted molar refractivity (Wildman–Crippen MR) is 84.2 cm³/mol. The fourth-order valence-electron chi connectivity index (χ4n) is 2.22. The van der Waals surface area contributed by atoms with E-state index in [9.17, 15) is 4.79 Å². The van der Waals surface area contributed by atoms with Gasteiger partial charge in [0, 0.05) is 0 Å². The SMILES string of the molecule is O=C(OCCCc1ccccc1)c1cccc(-n2cnnn2)c1. The topological polar surface area (TPSA) is 69.9 Å². The Bertz CT molecular complexity index is 757. The molecule has 0 aliphatic heterocycles. The molecule has 0 radical (unpaired) electrons. The van der Waals surface area contributed by atoms with Crippen molar-refractivity contribution in [1.29, 1.82) is 0 Å². The Kier molecular flexibility index (Phi) is 4.73. The first-order chi connectivity index (χ1) is 11.3. The van der Waals surface area contributed by atoms with Crippen LogP contribution in [0.2, 0.25) is 0 Å². The number of hydrogen-bond acceptors (Lipinski definition) is 5. The highest BCUT2D eigenvalue weighted by Gasteiger charge is 2.09. The maximum absolute atomic E-state index is 12.1. The molecule has 0 spiro atoms. The second-order valence-corrected chi connectivity index (χ2v) is 5.03. The van der Waals surface area contributed by atoms with Gasteiger partial charge >= 0.3 is 5.97 Å². The van der Waals surface area contributed by atoms with E-state index in [4.69, 9.17) is 4.74 Å². The molecule has 0 aliphatic carbocycles. The van der Waals surface area contributed by atoms with E-state index >= 15 is 0 Å². The minimum absolute atomic E-state index is 0.340. The van der Waals surface area contributed by atoms with Crippen LogP contribution in [0.25, 0.3) is 5.69 Å². The molecule has 116 valence electrons. The summed E-state index contributed by atoms with van der Waals surface area (Å²) >= 11 is 0. The molecule has 0 bridgehead atoms. The summed E-state index contributed by atoms with van der Waals surface area (Å²) in [7, 11) is 0. The Morgan fingerprint density at radius 3 is 2.74 bits per heavy atom. The van der Waals surface area contributed by atoms with Gasteiger partial charge in [-0.2, -0.15) is 0 Å². The third-order valence-corrected chi connectivity index (χ3v) is 3.38. The smallest absolute Gasteiger partial charge is 0.338 e. The van der Waals surface area contributed by atoms with Crippen LogP contribution < -0.4 is 0 Å². The fourth-order valence-corrected chi connectivity index (χ4v) is 2.22. The Morgan fingerprint density at radius 2 is 1.96 bits per heavy atom. The number of ether oxygens (including phenoxy) is 1. The number of aryl methyl sites for hydroxylation is 1. The van der Waals surface area contributed by atoms with Gasteiger partial charge in [-0.25, -0.2) is 9.48 Å². The lowest BCUT2D eigenvalue weighted by molar-refractivity contribution is 0.0500. The number of esters is 1. The minimum Gasteiger partial charge on any atom is -0.462 e. The summed E-state index contributed by atoms with van der Waals surface area (Å²) in [5.74, 6) is -0.340. The molecule has 2 aromatic carbocycles. The lowest BCUT2D eigenvalue weighted by Gasteiger charge is -2.06. The zero-order chi connectivity index (χ0) is 15.9. The summed E-state index contributed by atoms with van der Waals surface area (Å²) in [4.78, 5) is 12.1. The van der Waals surface area contributed by atoms with Gasteiger partial charge in [0.15, 0.2) is 0 Å². The number of nitrogens with zero attached hydrogens (tertiary/aromatic N) is 4. The van der Waals surface area contributed by atoms with Crippen LogP contribution in [0.1, 0.15) is 22.3 Å². The maximum Gasteiger partial charge on any atom is 0.338 e. The van der Waals surface area contributed by atoms with Crippen LogP contribution in [0.4, 0.5) is 0 Å². The van der Waals surface area contributed by atoms with E-state index < -0.39 is 0 Å². The summed E-state index contributed by atoms with van der Waals surface area (Å²) in [5, 5.41) is 11.0. The third kappa shape index (κ3) is 4.00. The summed E-state index contributed by atoms with van der Waals surface area (Å²) < 4.78 is 6.81. The van der Waals surface area contributed by atoms with E-state index in [1.807, 2.05) is 24.3 Å². The van der Waals surface area contributed by atoms with Crippen molar-refractivity contribution in [3.05, 3.63) is 72.1 Å². The highest BCUT2D eigenvalue weighted by Crippen LogP contribution is 2.10. The van der Waals surface area contributed by atoms with Crippen LogP contribution in [0.5, 0.6) is 0 Å². The first kappa shape index (κ1) is 14.9. The Labute approximate surface area is 133 Å². The van der Waals surface area contributed by atoms with Gasteiger partial charge in [-0.3, -0.25) is 0 Å². The zero-order valence-electron chi connectivity index (χ0n) is 12.5. The highest BCUT2D eigenvalue weighted by atomic mass is 16.5. The van der Waals surface area contributed by atoms with E-state index in [0.717, 1.165) is 12.8 Å². The van der Waals surface area contributed by atoms with Gasteiger partial charge in [0.1, 0.15) is 6.33 Å². The van der Waals surface area contributed by atoms with E-state index in [-0.39, 0.29) is 5.97 Å². The molecule has 0 amide bonds. The number of benzene rings is 2. The van der Waals surface area contributed by atoms with Gasteiger partial charge in [0.2, 0.25) is 0 Å². The summed E-state index contributed by atoms with van der Waals surface area (Å²) in [6.07, 6.45) is 3.16. The van der Waals surface area contributed by atoms with Crippen LogP contribution in [0.15, 0.2) is 60.9 Å². The number of tetrazole rings is 1. The van der Waals surface area contributed by atoms with Crippen molar-refractivity contribution in [2.24, 2.45) is 0 Å². The lowest BCUT2D eigenvalue weighted by Crippen LogP contribution is -2.08. The van der Waals surface area contributed by atoms with Crippen LogP contribution in [0.3, 0.4) is 0 Å². The molecule has 6 nitrogen and oxygen atoms in total. The molecular weight excluding hydrogens is 292 g/mol. The van der Waals surface area contributed by atoms with Crippen LogP contribution in [0, 0.1) is 0 Å². The average molecular weight is 308 g/mol. The molecule has 1 aromatic heterocycles. The quantitative estimate of drug-likeness (QED) is 0.517. The first-order valence-electron chi connectivity index (χ1n) is 7.37.